The first-order chi connectivity index (χ1) is 11.4. The molecule has 1 heterocycles. The molecule has 1 aliphatic rings. The second-order valence-corrected chi connectivity index (χ2v) is 8.36. The van der Waals surface area contributed by atoms with Crippen molar-refractivity contribution in [3.63, 3.8) is 0 Å². The van der Waals surface area contributed by atoms with Crippen LogP contribution in [0, 0.1) is 5.92 Å². The maximum Gasteiger partial charge on any atom is 0.211 e. The summed E-state index contributed by atoms with van der Waals surface area (Å²) in [6.07, 6.45) is 3.06. The van der Waals surface area contributed by atoms with Crippen LogP contribution in [0.5, 0.6) is 0 Å². The van der Waals surface area contributed by atoms with Crippen molar-refractivity contribution in [2.75, 3.05) is 40.0 Å². The van der Waals surface area contributed by atoms with Crippen LogP contribution < -0.4 is 5.32 Å². The molecule has 0 unspecified atom stereocenters. The molecular weight excluding hydrogens is 324 g/mol. The lowest BCUT2D eigenvalue weighted by atomic mass is 9.98. The number of nitrogens with zero attached hydrogens (tertiary/aromatic N) is 3. The molecule has 134 valence electrons. The molecule has 1 N–H and O–H groups in total. The number of sulfonamides is 1. The molecule has 1 aromatic carbocycles. The van der Waals surface area contributed by atoms with Crippen molar-refractivity contribution in [3.8, 4) is 0 Å². The molecule has 24 heavy (non-hydrogen) atoms. The van der Waals surface area contributed by atoms with Crippen LogP contribution in [0.1, 0.15) is 18.4 Å². The maximum atomic E-state index is 11.6. The molecule has 0 bridgehead atoms. The minimum absolute atomic E-state index is 0.477. The first-order valence-corrected chi connectivity index (χ1v) is 10.2. The molecule has 1 saturated heterocycles. The highest BCUT2D eigenvalue weighted by molar-refractivity contribution is 7.88. The van der Waals surface area contributed by atoms with Gasteiger partial charge in [-0.2, -0.15) is 0 Å². The van der Waals surface area contributed by atoms with Gasteiger partial charge in [-0.25, -0.2) is 12.7 Å². The topological polar surface area (TPSA) is 65.0 Å². The zero-order chi connectivity index (χ0) is 17.6. The molecule has 0 aromatic heterocycles. The van der Waals surface area contributed by atoms with Crippen molar-refractivity contribution < 1.29 is 8.42 Å². The minimum atomic E-state index is -3.05. The molecule has 1 fully saturated rings. The van der Waals surface area contributed by atoms with Gasteiger partial charge in [-0.3, -0.25) is 4.99 Å². The van der Waals surface area contributed by atoms with E-state index >= 15 is 0 Å². The van der Waals surface area contributed by atoms with Gasteiger partial charge in [-0.15, -0.1) is 0 Å². The number of nitrogens with one attached hydrogen (secondary N) is 1. The second kappa shape index (κ2) is 8.48. The van der Waals surface area contributed by atoms with E-state index < -0.39 is 10.0 Å². The molecule has 0 spiro atoms. The van der Waals surface area contributed by atoms with Gasteiger partial charge in [0, 0.05) is 40.3 Å². The van der Waals surface area contributed by atoms with Crippen LogP contribution in [-0.4, -0.2) is 63.6 Å². The van der Waals surface area contributed by atoms with Crippen LogP contribution in [0.4, 0.5) is 0 Å². The predicted molar refractivity (Wildman–Crippen MR) is 98.4 cm³/mol. The number of rotatable bonds is 5. The molecule has 2 rings (SSSR count). The third kappa shape index (κ3) is 5.49. The van der Waals surface area contributed by atoms with Gasteiger partial charge in [0.15, 0.2) is 5.96 Å². The van der Waals surface area contributed by atoms with Gasteiger partial charge in [0.1, 0.15) is 0 Å². The average molecular weight is 353 g/mol. The number of guanidine groups is 1. The largest absolute Gasteiger partial charge is 0.356 e. The Kier molecular flexibility index (Phi) is 6.62. The molecule has 0 aliphatic carbocycles. The number of benzene rings is 1. The lowest BCUT2D eigenvalue weighted by Gasteiger charge is -2.31. The van der Waals surface area contributed by atoms with Crippen molar-refractivity contribution in [3.05, 3.63) is 35.9 Å². The third-order valence-electron chi connectivity index (χ3n) is 4.43. The molecule has 0 amide bonds. The van der Waals surface area contributed by atoms with E-state index in [1.807, 2.05) is 25.2 Å². The van der Waals surface area contributed by atoms with E-state index in [2.05, 4.69) is 27.3 Å². The number of hydrogen-bond acceptors (Lipinski definition) is 3. The highest BCUT2D eigenvalue weighted by Crippen LogP contribution is 2.18. The van der Waals surface area contributed by atoms with Crippen LogP contribution in [-0.2, 0) is 16.6 Å². The standard InChI is InChI=1S/C17H28N4O2S/c1-18-17(20(2)14-16-7-5-4-6-8-16)19-13-15-9-11-21(12-10-15)24(3,22)23/h4-8,15H,9-14H2,1-3H3,(H,18,19). The SMILES string of the molecule is CN=C(NCC1CCN(S(C)(=O)=O)CC1)N(C)Cc1ccccc1. The Morgan fingerprint density at radius 2 is 1.92 bits per heavy atom. The van der Waals surface area contributed by atoms with E-state index in [0.29, 0.717) is 19.0 Å². The van der Waals surface area contributed by atoms with E-state index in [4.69, 9.17) is 0 Å². The monoisotopic (exact) mass is 352 g/mol. The van der Waals surface area contributed by atoms with E-state index in [0.717, 1.165) is 31.9 Å². The number of aliphatic imine (C=N–C) groups is 1. The predicted octanol–water partition coefficient (Wildman–Crippen LogP) is 1.37. The smallest absolute Gasteiger partial charge is 0.211 e. The van der Waals surface area contributed by atoms with Crippen molar-refractivity contribution in [1.82, 2.24) is 14.5 Å². The summed E-state index contributed by atoms with van der Waals surface area (Å²) >= 11 is 0. The molecule has 1 aromatic rings. The molecule has 6 nitrogen and oxygen atoms in total. The highest BCUT2D eigenvalue weighted by Gasteiger charge is 2.25. The molecule has 0 radical (unpaired) electrons. The average Bonchev–Trinajstić information content (AvgIpc) is 2.56. The first kappa shape index (κ1) is 18.7. The van der Waals surface area contributed by atoms with Crippen LogP contribution in [0.15, 0.2) is 35.3 Å². The van der Waals surface area contributed by atoms with E-state index in [-0.39, 0.29) is 0 Å². The van der Waals surface area contributed by atoms with Crippen LogP contribution >= 0.6 is 0 Å². The molecule has 1 aliphatic heterocycles. The normalized spacial score (nSPS) is 17.7. The van der Waals surface area contributed by atoms with Gasteiger partial charge in [0.2, 0.25) is 10.0 Å². The Hall–Kier alpha value is -1.60. The fourth-order valence-corrected chi connectivity index (χ4v) is 3.87. The van der Waals surface area contributed by atoms with Crippen LogP contribution in [0.25, 0.3) is 0 Å². The Balaban J connectivity index is 1.80. The van der Waals surface area contributed by atoms with Gasteiger partial charge < -0.3 is 10.2 Å². The summed E-state index contributed by atoms with van der Waals surface area (Å²) in [5.74, 6) is 1.34. The van der Waals surface area contributed by atoms with Crippen molar-refractivity contribution in [2.45, 2.75) is 19.4 Å². The Morgan fingerprint density at radius 3 is 2.46 bits per heavy atom. The van der Waals surface area contributed by atoms with E-state index in [1.54, 1.807) is 11.4 Å². The Bertz CT molecular complexity index is 638. The van der Waals surface area contributed by atoms with Crippen LogP contribution in [0.3, 0.4) is 0 Å². The van der Waals surface area contributed by atoms with Gasteiger partial charge in [0.25, 0.3) is 0 Å². The minimum Gasteiger partial charge on any atom is -0.356 e. The molecule has 0 atom stereocenters. The number of piperidine rings is 1. The zero-order valence-corrected chi connectivity index (χ0v) is 15.6. The van der Waals surface area contributed by atoms with Crippen LogP contribution in [0.2, 0.25) is 0 Å². The van der Waals surface area contributed by atoms with E-state index in [1.165, 1.54) is 11.8 Å². The van der Waals surface area contributed by atoms with Crippen molar-refractivity contribution >= 4 is 16.0 Å². The van der Waals surface area contributed by atoms with Gasteiger partial charge in [-0.05, 0) is 24.3 Å². The summed E-state index contributed by atoms with van der Waals surface area (Å²) in [5.41, 5.74) is 1.24. The second-order valence-electron chi connectivity index (χ2n) is 6.38. The summed E-state index contributed by atoms with van der Waals surface area (Å²) in [5, 5.41) is 3.42. The number of hydrogen-bond donors (Lipinski definition) is 1. The third-order valence-corrected chi connectivity index (χ3v) is 5.73. The molecule has 0 saturated carbocycles. The Labute approximate surface area is 145 Å². The van der Waals surface area contributed by atoms with Gasteiger partial charge in [-0.1, -0.05) is 30.3 Å². The first-order valence-electron chi connectivity index (χ1n) is 8.31. The molecular formula is C17H28N4O2S. The lowest BCUT2D eigenvalue weighted by molar-refractivity contribution is 0.273. The summed E-state index contributed by atoms with van der Waals surface area (Å²) in [6, 6.07) is 10.3. The summed E-state index contributed by atoms with van der Waals surface area (Å²) in [7, 11) is 0.758. The fourth-order valence-electron chi connectivity index (χ4n) is 3.00. The Morgan fingerprint density at radius 1 is 1.29 bits per heavy atom. The van der Waals surface area contributed by atoms with E-state index in [9.17, 15) is 8.42 Å². The summed E-state index contributed by atoms with van der Waals surface area (Å²) in [4.78, 5) is 6.45. The highest BCUT2D eigenvalue weighted by atomic mass is 32.2. The van der Waals surface area contributed by atoms with Gasteiger partial charge >= 0.3 is 0 Å². The summed E-state index contributed by atoms with van der Waals surface area (Å²) < 4.78 is 24.7. The molecule has 7 heteroatoms. The van der Waals surface area contributed by atoms with Crippen molar-refractivity contribution in [2.24, 2.45) is 10.9 Å². The van der Waals surface area contributed by atoms with Gasteiger partial charge in [0.05, 0.1) is 6.26 Å². The zero-order valence-electron chi connectivity index (χ0n) is 14.8. The quantitative estimate of drug-likeness (QED) is 0.642. The fraction of sp³-hybridized carbons (Fsp3) is 0.588. The summed E-state index contributed by atoms with van der Waals surface area (Å²) in [6.45, 7) is 2.85. The van der Waals surface area contributed by atoms with Crippen molar-refractivity contribution in [1.29, 1.82) is 0 Å². The maximum absolute atomic E-state index is 11.6. The lowest BCUT2D eigenvalue weighted by Crippen LogP contribution is -2.44.